The van der Waals surface area contributed by atoms with Crippen molar-refractivity contribution in [3.63, 3.8) is 0 Å². The van der Waals surface area contributed by atoms with Crippen LogP contribution in [0.15, 0.2) is 36.4 Å². The molecule has 0 bridgehead atoms. The fraction of sp³-hybridized carbons (Fsp3) is 0.333. The number of halogens is 9. The quantitative estimate of drug-likeness (QED) is 0.166. The highest BCUT2D eigenvalue weighted by Gasteiger charge is 2.40. The van der Waals surface area contributed by atoms with Crippen molar-refractivity contribution in [3.8, 4) is 5.75 Å². The van der Waals surface area contributed by atoms with Gasteiger partial charge < -0.3 is 4.74 Å². The molecule has 1 nitrogen and oxygen atoms in total. The van der Waals surface area contributed by atoms with Crippen molar-refractivity contribution < 1.29 is 44.3 Å². The lowest BCUT2D eigenvalue weighted by molar-refractivity contribution is -0.187. The van der Waals surface area contributed by atoms with E-state index < -0.39 is 74.3 Å². The van der Waals surface area contributed by atoms with E-state index >= 15 is 17.6 Å². The van der Waals surface area contributed by atoms with Gasteiger partial charge in [-0.05, 0) is 72.1 Å². The molecule has 40 heavy (non-hydrogen) atoms. The number of hydrogen-bond acceptors (Lipinski definition) is 1. The molecule has 1 fully saturated rings. The monoisotopic (exact) mass is 570 g/mol. The summed E-state index contributed by atoms with van der Waals surface area (Å²) >= 11 is 0. The summed E-state index contributed by atoms with van der Waals surface area (Å²) in [5.41, 5.74) is -1.40. The largest absolute Gasteiger partial charge is 0.429 e. The van der Waals surface area contributed by atoms with E-state index in [1.807, 2.05) is 0 Å². The molecule has 5 rings (SSSR count). The standard InChI is InChI=1S/C30H23F9O/c1-2-3-14-4-6-15(7-5-14)19-9-8-16-11-20(26(34)29(37)24(16)25(19)33)30(38,39)40-18-10-17-12-22(32)27(35)28(36)23(17)21(31)13-18/h8-15H,2-7H2,1H3. The van der Waals surface area contributed by atoms with Crippen LogP contribution in [0, 0.1) is 46.6 Å². The molecule has 0 radical (unpaired) electrons. The van der Waals surface area contributed by atoms with Gasteiger partial charge in [0.05, 0.1) is 10.8 Å². The second-order valence-corrected chi connectivity index (χ2v) is 10.2. The summed E-state index contributed by atoms with van der Waals surface area (Å²) in [5.74, 6) is -12.7. The first-order valence-corrected chi connectivity index (χ1v) is 12.9. The van der Waals surface area contributed by atoms with Gasteiger partial charge in [0.1, 0.15) is 22.9 Å². The molecule has 1 aliphatic carbocycles. The Bertz CT molecular complexity index is 1610. The van der Waals surface area contributed by atoms with Crippen molar-refractivity contribution in [1.29, 1.82) is 0 Å². The summed E-state index contributed by atoms with van der Waals surface area (Å²) in [4.78, 5) is 0. The Morgan fingerprint density at radius 3 is 2.05 bits per heavy atom. The van der Waals surface area contributed by atoms with E-state index in [-0.39, 0.29) is 22.9 Å². The molecule has 0 aromatic heterocycles. The molecule has 0 N–H and O–H groups in total. The summed E-state index contributed by atoms with van der Waals surface area (Å²) < 4.78 is 136. The van der Waals surface area contributed by atoms with E-state index in [2.05, 4.69) is 11.7 Å². The van der Waals surface area contributed by atoms with E-state index in [1.165, 1.54) is 12.1 Å². The van der Waals surface area contributed by atoms with Crippen LogP contribution in [0.3, 0.4) is 0 Å². The first-order valence-electron chi connectivity index (χ1n) is 12.9. The molecule has 0 spiro atoms. The molecule has 0 unspecified atom stereocenters. The minimum absolute atomic E-state index is 0.194. The van der Waals surface area contributed by atoms with Gasteiger partial charge in [-0.2, -0.15) is 8.78 Å². The molecule has 212 valence electrons. The molecule has 0 heterocycles. The van der Waals surface area contributed by atoms with Crippen molar-refractivity contribution in [1.82, 2.24) is 0 Å². The zero-order valence-corrected chi connectivity index (χ0v) is 21.2. The maximum atomic E-state index is 15.4. The third kappa shape index (κ3) is 4.86. The number of fused-ring (bicyclic) bond motifs is 2. The van der Waals surface area contributed by atoms with Crippen LogP contribution in [0.1, 0.15) is 62.5 Å². The van der Waals surface area contributed by atoms with Gasteiger partial charge in [-0.15, -0.1) is 0 Å². The highest BCUT2D eigenvalue weighted by molar-refractivity contribution is 5.86. The number of rotatable bonds is 6. The average Bonchev–Trinajstić information content (AvgIpc) is 2.89. The molecule has 1 aliphatic rings. The third-order valence-electron chi connectivity index (χ3n) is 7.69. The van der Waals surface area contributed by atoms with Crippen LogP contribution in [0.2, 0.25) is 0 Å². The summed E-state index contributed by atoms with van der Waals surface area (Å²) in [5, 5.41) is -2.77. The van der Waals surface area contributed by atoms with Gasteiger partial charge in [-0.1, -0.05) is 31.9 Å². The van der Waals surface area contributed by atoms with Crippen LogP contribution in [0.5, 0.6) is 5.75 Å². The highest BCUT2D eigenvalue weighted by Crippen LogP contribution is 2.43. The minimum Gasteiger partial charge on any atom is -0.429 e. The minimum atomic E-state index is -4.62. The van der Waals surface area contributed by atoms with E-state index in [0.29, 0.717) is 37.0 Å². The van der Waals surface area contributed by atoms with Crippen molar-refractivity contribution in [2.24, 2.45) is 5.92 Å². The van der Waals surface area contributed by atoms with Crippen molar-refractivity contribution in [2.75, 3.05) is 0 Å². The zero-order chi connectivity index (χ0) is 28.9. The molecule has 0 atom stereocenters. The van der Waals surface area contributed by atoms with Crippen LogP contribution in [0.25, 0.3) is 21.5 Å². The lowest BCUT2D eigenvalue weighted by Crippen LogP contribution is -2.24. The topological polar surface area (TPSA) is 9.23 Å². The molecule has 0 amide bonds. The van der Waals surface area contributed by atoms with Crippen molar-refractivity contribution >= 4 is 21.5 Å². The molecule has 4 aromatic carbocycles. The molecule has 10 heteroatoms. The van der Waals surface area contributed by atoms with Crippen molar-refractivity contribution in [3.05, 3.63) is 88.2 Å². The fourth-order valence-electron chi connectivity index (χ4n) is 5.72. The molecular formula is C30H23F9O. The summed E-state index contributed by atoms with van der Waals surface area (Å²) in [6.07, 6.45) is 0.562. The third-order valence-corrected chi connectivity index (χ3v) is 7.69. The number of ether oxygens (including phenoxy) is 1. The Morgan fingerprint density at radius 1 is 0.700 bits per heavy atom. The van der Waals surface area contributed by atoms with E-state index in [1.54, 1.807) is 0 Å². The van der Waals surface area contributed by atoms with Gasteiger partial charge in [-0.25, -0.2) is 30.7 Å². The summed E-state index contributed by atoms with van der Waals surface area (Å²) in [7, 11) is 0. The SMILES string of the molecule is CCCC1CCC(c2ccc3cc(C(F)(F)Oc4cc(F)c5c(F)c(F)c(F)cc5c4)c(F)c(F)c3c2F)CC1. The van der Waals surface area contributed by atoms with Crippen molar-refractivity contribution in [2.45, 2.75) is 57.5 Å². The Kier molecular flexibility index (Phi) is 7.39. The predicted molar refractivity (Wildman–Crippen MR) is 132 cm³/mol. The van der Waals surface area contributed by atoms with Crippen LogP contribution < -0.4 is 4.74 Å². The zero-order valence-electron chi connectivity index (χ0n) is 21.2. The fourth-order valence-corrected chi connectivity index (χ4v) is 5.72. The van der Waals surface area contributed by atoms with Gasteiger partial charge >= 0.3 is 6.11 Å². The van der Waals surface area contributed by atoms with E-state index in [9.17, 15) is 22.0 Å². The molecular weight excluding hydrogens is 547 g/mol. The Hall–Kier alpha value is -3.43. The lowest BCUT2D eigenvalue weighted by atomic mass is 9.77. The van der Waals surface area contributed by atoms with Crippen LogP contribution >= 0.6 is 0 Å². The Balaban J connectivity index is 1.50. The number of hydrogen-bond donors (Lipinski definition) is 0. The average molecular weight is 570 g/mol. The van der Waals surface area contributed by atoms with E-state index in [0.717, 1.165) is 25.7 Å². The number of alkyl halides is 2. The normalized spacial score (nSPS) is 18.1. The van der Waals surface area contributed by atoms with E-state index in [4.69, 9.17) is 0 Å². The summed E-state index contributed by atoms with van der Waals surface area (Å²) in [6.45, 7) is 2.08. The lowest BCUT2D eigenvalue weighted by Gasteiger charge is -2.29. The highest BCUT2D eigenvalue weighted by atomic mass is 19.3. The number of benzene rings is 4. The Labute approximate surface area is 223 Å². The smallest absolute Gasteiger partial charge is 0.429 e. The molecule has 1 saturated carbocycles. The second kappa shape index (κ2) is 10.5. The van der Waals surface area contributed by atoms with Crippen LogP contribution in [-0.2, 0) is 6.11 Å². The Morgan fingerprint density at radius 2 is 1.38 bits per heavy atom. The predicted octanol–water partition coefficient (Wildman–Crippen LogP) is 10.2. The van der Waals surface area contributed by atoms with Crippen LogP contribution in [-0.4, -0.2) is 0 Å². The van der Waals surface area contributed by atoms with Gasteiger partial charge in [0.15, 0.2) is 29.1 Å². The summed E-state index contributed by atoms with van der Waals surface area (Å²) in [6, 6.07) is 4.37. The van der Waals surface area contributed by atoms with Gasteiger partial charge in [-0.3, -0.25) is 0 Å². The maximum Gasteiger partial charge on any atom is 0.429 e. The maximum absolute atomic E-state index is 15.4. The van der Waals surface area contributed by atoms with Gasteiger partial charge in [0, 0.05) is 6.07 Å². The first kappa shape index (κ1) is 28.1. The van der Waals surface area contributed by atoms with Gasteiger partial charge in [0.2, 0.25) is 0 Å². The molecule has 4 aromatic rings. The molecule has 0 aliphatic heterocycles. The first-order chi connectivity index (χ1) is 18.9. The second-order valence-electron chi connectivity index (χ2n) is 10.2. The van der Waals surface area contributed by atoms with Crippen LogP contribution in [0.4, 0.5) is 39.5 Å². The van der Waals surface area contributed by atoms with Gasteiger partial charge in [0.25, 0.3) is 0 Å². The molecule has 0 saturated heterocycles.